The third-order valence-corrected chi connectivity index (χ3v) is 3.02. The number of fused-ring (bicyclic) bond motifs is 1. The Morgan fingerprint density at radius 2 is 2.05 bits per heavy atom. The number of allylic oxidation sites excluding steroid dienone is 4. The molecule has 0 bridgehead atoms. The van der Waals surface area contributed by atoms with Crippen LogP contribution in [-0.4, -0.2) is 10.2 Å². The molecule has 1 aromatic carbocycles. The third kappa shape index (κ3) is 2.91. The molecular formula is C16H16O4. The Hall–Kier alpha value is -2.49. The highest BCUT2D eigenvalue weighted by Crippen LogP contribution is 2.20. The first-order valence-electron chi connectivity index (χ1n) is 6.26. The van der Waals surface area contributed by atoms with E-state index in [9.17, 15) is 9.90 Å². The van der Waals surface area contributed by atoms with Crippen LogP contribution < -0.4 is 5.43 Å². The van der Waals surface area contributed by atoms with Crippen LogP contribution in [-0.2, 0) is 0 Å². The van der Waals surface area contributed by atoms with E-state index in [1.54, 1.807) is 19.1 Å². The zero-order chi connectivity index (χ0) is 14.7. The van der Waals surface area contributed by atoms with Crippen molar-refractivity contribution < 1.29 is 14.6 Å². The minimum atomic E-state index is -0.135. The minimum Gasteiger partial charge on any atom is -0.513 e. The molecule has 0 atom stereocenters. The van der Waals surface area contributed by atoms with Crippen molar-refractivity contribution in [3.8, 4) is 5.75 Å². The van der Waals surface area contributed by atoms with Crippen molar-refractivity contribution >= 4 is 16.5 Å². The van der Waals surface area contributed by atoms with E-state index in [1.165, 1.54) is 18.4 Å². The second-order valence-electron chi connectivity index (χ2n) is 4.63. The quantitative estimate of drug-likeness (QED) is 0.835. The molecule has 2 rings (SSSR count). The van der Waals surface area contributed by atoms with E-state index in [0.29, 0.717) is 23.0 Å². The van der Waals surface area contributed by atoms with Gasteiger partial charge in [-0.2, -0.15) is 0 Å². The lowest BCUT2D eigenvalue weighted by molar-refractivity contribution is 0.412. The van der Waals surface area contributed by atoms with Gasteiger partial charge < -0.3 is 14.6 Å². The van der Waals surface area contributed by atoms with Crippen LogP contribution in [0.3, 0.4) is 0 Å². The molecular weight excluding hydrogens is 256 g/mol. The number of hydrogen-bond donors (Lipinski definition) is 2. The maximum absolute atomic E-state index is 12.3. The van der Waals surface area contributed by atoms with E-state index < -0.39 is 0 Å². The smallest absolute Gasteiger partial charge is 0.200 e. The van der Waals surface area contributed by atoms with E-state index in [0.717, 1.165) is 5.57 Å². The summed E-state index contributed by atoms with van der Waals surface area (Å²) in [5.74, 6) is 0.305. The zero-order valence-corrected chi connectivity index (χ0v) is 11.4. The predicted octanol–water partition coefficient (Wildman–Crippen LogP) is 3.75. The van der Waals surface area contributed by atoms with Gasteiger partial charge >= 0.3 is 0 Å². The topological polar surface area (TPSA) is 70.7 Å². The van der Waals surface area contributed by atoms with Gasteiger partial charge in [-0.05, 0) is 44.1 Å². The molecule has 4 heteroatoms. The van der Waals surface area contributed by atoms with Gasteiger partial charge in [-0.25, -0.2) is 0 Å². The molecule has 1 aromatic heterocycles. The van der Waals surface area contributed by atoms with E-state index in [1.807, 2.05) is 13.0 Å². The van der Waals surface area contributed by atoms with Gasteiger partial charge in [0.1, 0.15) is 17.6 Å². The van der Waals surface area contributed by atoms with Crippen LogP contribution in [0, 0.1) is 0 Å². The summed E-state index contributed by atoms with van der Waals surface area (Å²) in [5.41, 5.74) is 1.49. The first-order valence-corrected chi connectivity index (χ1v) is 6.26. The Morgan fingerprint density at radius 3 is 2.75 bits per heavy atom. The van der Waals surface area contributed by atoms with Crippen molar-refractivity contribution in [3.05, 3.63) is 58.2 Å². The first-order chi connectivity index (χ1) is 9.49. The summed E-state index contributed by atoms with van der Waals surface area (Å²) in [6, 6.07) is 4.42. The van der Waals surface area contributed by atoms with Gasteiger partial charge in [-0.1, -0.05) is 6.08 Å². The van der Waals surface area contributed by atoms with Crippen LogP contribution in [0.2, 0.25) is 0 Å². The molecule has 4 nitrogen and oxygen atoms in total. The van der Waals surface area contributed by atoms with E-state index in [2.05, 4.69) is 0 Å². The summed E-state index contributed by atoms with van der Waals surface area (Å²) in [4.78, 5) is 12.3. The van der Waals surface area contributed by atoms with Gasteiger partial charge in [0.15, 0.2) is 5.43 Å². The Morgan fingerprint density at radius 1 is 1.30 bits per heavy atom. The summed E-state index contributed by atoms with van der Waals surface area (Å²) in [5, 5.41) is 18.9. The summed E-state index contributed by atoms with van der Waals surface area (Å²) < 4.78 is 5.39. The fraction of sp³-hybridized carbons (Fsp3) is 0.188. The van der Waals surface area contributed by atoms with E-state index in [-0.39, 0.29) is 16.9 Å². The van der Waals surface area contributed by atoms with Crippen molar-refractivity contribution in [2.75, 3.05) is 0 Å². The van der Waals surface area contributed by atoms with Gasteiger partial charge in [-0.15, -0.1) is 0 Å². The largest absolute Gasteiger partial charge is 0.513 e. The Bertz CT molecular complexity index is 747. The highest BCUT2D eigenvalue weighted by atomic mass is 16.3. The Kier molecular flexibility index (Phi) is 3.94. The van der Waals surface area contributed by atoms with Crippen LogP contribution >= 0.6 is 0 Å². The molecule has 0 aliphatic rings. The molecule has 0 spiro atoms. The van der Waals surface area contributed by atoms with Gasteiger partial charge in [0.2, 0.25) is 0 Å². The van der Waals surface area contributed by atoms with Gasteiger partial charge in [-0.3, -0.25) is 4.79 Å². The second-order valence-corrected chi connectivity index (χ2v) is 4.63. The van der Waals surface area contributed by atoms with Crippen LogP contribution in [0.25, 0.3) is 16.5 Å². The molecule has 2 aromatic rings. The summed E-state index contributed by atoms with van der Waals surface area (Å²) in [6.45, 7) is 3.42. The fourth-order valence-electron chi connectivity index (χ4n) is 1.91. The van der Waals surface area contributed by atoms with E-state index in [4.69, 9.17) is 9.52 Å². The fourth-order valence-corrected chi connectivity index (χ4v) is 1.91. The highest BCUT2D eigenvalue weighted by Gasteiger charge is 2.08. The molecule has 0 saturated carbocycles. The predicted molar refractivity (Wildman–Crippen MR) is 78.8 cm³/mol. The number of hydrogen-bond acceptors (Lipinski definition) is 4. The number of benzene rings is 1. The van der Waals surface area contributed by atoms with Crippen LogP contribution in [0.5, 0.6) is 5.75 Å². The molecule has 0 radical (unpaired) electrons. The number of aromatic hydroxyl groups is 1. The standard InChI is InChI=1S/C16H16O4/c1-10(4-3-5-11(2)17)14-9-20-15-8-12(18)6-7-13(15)16(14)19/h4-9,17-18H,3H2,1-2H3/b10-4+,11-5+. The summed E-state index contributed by atoms with van der Waals surface area (Å²) in [6.07, 6.45) is 5.44. The Labute approximate surface area is 116 Å². The lowest BCUT2D eigenvalue weighted by Crippen LogP contribution is -2.06. The van der Waals surface area contributed by atoms with Crippen LogP contribution in [0.15, 0.2) is 51.6 Å². The molecule has 104 valence electrons. The van der Waals surface area contributed by atoms with Crippen LogP contribution in [0.1, 0.15) is 25.8 Å². The lowest BCUT2D eigenvalue weighted by atomic mass is 10.1. The maximum atomic E-state index is 12.3. The average molecular weight is 272 g/mol. The molecule has 0 unspecified atom stereocenters. The Balaban J connectivity index is 2.46. The van der Waals surface area contributed by atoms with Gasteiger partial charge in [0, 0.05) is 6.07 Å². The van der Waals surface area contributed by atoms with Crippen LogP contribution in [0.4, 0.5) is 0 Å². The first kappa shape index (κ1) is 13.9. The van der Waals surface area contributed by atoms with Crippen molar-refractivity contribution in [3.63, 3.8) is 0 Å². The minimum absolute atomic E-state index is 0.0595. The number of rotatable bonds is 3. The van der Waals surface area contributed by atoms with Crippen molar-refractivity contribution in [2.24, 2.45) is 0 Å². The van der Waals surface area contributed by atoms with Gasteiger partial charge in [0.25, 0.3) is 0 Å². The molecule has 2 N–H and O–H groups in total. The molecule has 0 amide bonds. The SMILES string of the molecule is C/C(O)=C\C/C=C(\C)c1coc2cc(O)ccc2c1=O. The molecule has 0 saturated heterocycles. The number of aliphatic hydroxyl groups excluding tert-OH is 1. The van der Waals surface area contributed by atoms with Crippen molar-refractivity contribution in [2.45, 2.75) is 20.3 Å². The summed E-state index contributed by atoms with van der Waals surface area (Å²) in [7, 11) is 0. The number of aliphatic hydroxyl groups is 1. The monoisotopic (exact) mass is 272 g/mol. The van der Waals surface area contributed by atoms with Crippen molar-refractivity contribution in [1.29, 1.82) is 0 Å². The van der Waals surface area contributed by atoms with E-state index >= 15 is 0 Å². The van der Waals surface area contributed by atoms with Gasteiger partial charge in [0.05, 0.1) is 16.7 Å². The normalized spacial score (nSPS) is 12.9. The maximum Gasteiger partial charge on any atom is 0.200 e. The zero-order valence-electron chi connectivity index (χ0n) is 11.4. The average Bonchev–Trinajstić information content (AvgIpc) is 2.38. The molecule has 1 heterocycles. The third-order valence-electron chi connectivity index (χ3n) is 3.02. The lowest BCUT2D eigenvalue weighted by Gasteiger charge is -2.03. The van der Waals surface area contributed by atoms with Crippen molar-refractivity contribution in [1.82, 2.24) is 0 Å². The molecule has 0 aliphatic heterocycles. The summed E-state index contributed by atoms with van der Waals surface area (Å²) >= 11 is 0. The molecule has 0 aliphatic carbocycles. The molecule has 0 fully saturated rings. The second kappa shape index (κ2) is 5.65. The number of phenolic OH excluding ortho intramolecular Hbond substituents is 1. The highest BCUT2D eigenvalue weighted by molar-refractivity contribution is 5.81. The number of phenols is 1. The molecule has 20 heavy (non-hydrogen) atoms.